The van der Waals surface area contributed by atoms with Crippen molar-refractivity contribution in [3.8, 4) is 0 Å². The van der Waals surface area contributed by atoms with Gasteiger partial charge in [-0.15, -0.1) is 0 Å². The van der Waals surface area contributed by atoms with Crippen molar-refractivity contribution in [3.05, 3.63) is 29.1 Å². The van der Waals surface area contributed by atoms with Crippen LogP contribution in [-0.4, -0.2) is 35.4 Å². The first-order valence-electron chi connectivity index (χ1n) is 8.59. The number of hydrogen-bond donors (Lipinski definition) is 1. The van der Waals surface area contributed by atoms with Crippen LogP contribution in [0.25, 0.3) is 0 Å². The van der Waals surface area contributed by atoms with Gasteiger partial charge in [0.25, 0.3) is 0 Å². The minimum Gasteiger partial charge on any atom is -0.353 e. The topological polar surface area (TPSA) is 45.2 Å². The fourth-order valence-corrected chi connectivity index (χ4v) is 3.48. The quantitative estimate of drug-likeness (QED) is 0.909. The Morgan fingerprint density at radius 1 is 1.32 bits per heavy atom. The summed E-state index contributed by atoms with van der Waals surface area (Å²) in [5.74, 6) is 0.193. The highest BCUT2D eigenvalue weighted by molar-refractivity contribution is 5.76. The number of nitrogens with one attached hydrogen (secondary N) is 1. The van der Waals surface area contributed by atoms with Crippen LogP contribution in [0.3, 0.4) is 0 Å². The molecular weight excluding hydrogens is 274 g/mol. The number of aromatic nitrogens is 1. The van der Waals surface area contributed by atoms with Gasteiger partial charge in [-0.2, -0.15) is 0 Å². The minimum absolute atomic E-state index is 0.193. The molecular formula is C18H27N3O. The first kappa shape index (κ1) is 15.5. The standard InChI is InChI=1S/C18H27N3O/c1-13-11-14(8-9-18(22)20-15-5-3-6-15)12-16(19-13)17-7-4-10-21(17)2/h11-12,15,17H,3-10H2,1-2H3,(H,20,22). The van der Waals surface area contributed by atoms with E-state index in [1.165, 1.54) is 30.5 Å². The lowest BCUT2D eigenvalue weighted by atomic mass is 9.93. The van der Waals surface area contributed by atoms with E-state index in [2.05, 4.69) is 36.3 Å². The average Bonchev–Trinajstić information content (AvgIpc) is 2.86. The summed E-state index contributed by atoms with van der Waals surface area (Å²) < 4.78 is 0. The van der Waals surface area contributed by atoms with Gasteiger partial charge in [0.1, 0.15) is 0 Å². The lowest BCUT2D eigenvalue weighted by molar-refractivity contribution is -0.122. The molecule has 0 aromatic carbocycles. The predicted octanol–water partition coefficient (Wildman–Crippen LogP) is 2.76. The Kier molecular flexibility index (Phi) is 4.77. The molecule has 0 spiro atoms. The summed E-state index contributed by atoms with van der Waals surface area (Å²) in [5.41, 5.74) is 3.48. The molecule has 0 bridgehead atoms. The van der Waals surface area contributed by atoms with Gasteiger partial charge in [0.15, 0.2) is 0 Å². The lowest BCUT2D eigenvalue weighted by Gasteiger charge is -2.26. The van der Waals surface area contributed by atoms with Crippen molar-refractivity contribution in [2.45, 2.75) is 64.0 Å². The number of carbonyl (C=O) groups is 1. The zero-order valence-electron chi connectivity index (χ0n) is 13.8. The van der Waals surface area contributed by atoms with Gasteiger partial charge in [-0.05, 0) is 76.7 Å². The number of likely N-dealkylation sites (tertiary alicyclic amines) is 1. The van der Waals surface area contributed by atoms with Gasteiger partial charge in [0.2, 0.25) is 5.91 Å². The molecule has 1 aliphatic heterocycles. The third kappa shape index (κ3) is 3.67. The Balaban J connectivity index is 1.60. The Morgan fingerprint density at radius 2 is 2.14 bits per heavy atom. The maximum atomic E-state index is 12.0. The molecule has 120 valence electrons. The molecule has 1 N–H and O–H groups in total. The molecule has 1 aromatic heterocycles. The van der Waals surface area contributed by atoms with Crippen LogP contribution in [0.5, 0.6) is 0 Å². The lowest BCUT2D eigenvalue weighted by Crippen LogP contribution is -2.39. The summed E-state index contributed by atoms with van der Waals surface area (Å²) in [4.78, 5) is 19.1. The molecule has 1 unspecified atom stereocenters. The summed E-state index contributed by atoms with van der Waals surface area (Å²) in [5, 5.41) is 3.12. The first-order valence-corrected chi connectivity index (χ1v) is 8.59. The summed E-state index contributed by atoms with van der Waals surface area (Å²) in [6.45, 7) is 3.20. The summed E-state index contributed by atoms with van der Waals surface area (Å²) in [6, 6.07) is 5.21. The van der Waals surface area contributed by atoms with Crippen LogP contribution in [0.1, 0.15) is 61.5 Å². The van der Waals surface area contributed by atoms with Gasteiger partial charge in [-0.3, -0.25) is 14.7 Å². The van der Waals surface area contributed by atoms with E-state index in [1.54, 1.807) is 0 Å². The zero-order valence-corrected chi connectivity index (χ0v) is 13.8. The SMILES string of the molecule is Cc1cc(CCC(=O)NC2CCC2)cc(C2CCCN2C)n1. The van der Waals surface area contributed by atoms with Crippen molar-refractivity contribution in [1.82, 2.24) is 15.2 Å². The number of carbonyl (C=O) groups excluding carboxylic acids is 1. The minimum atomic E-state index is 0.193. The molecule has 22 heavy (non-hydrogen) atoms. The van der Waals surface area contributed by atoms with Gasteiger partial charge in [-0.25, -0.2) is 0 Å². The van der Waals surface area contributed by atoms with Crippen molar-refractivity contribution in [2.24, 2.45) is 0 Å². The zero-order chi connectivity index (χ0) is 15.5. The van der Waals surface area contributed by atoms with Gasteiger partial charge in [-0.1, -0.05) is 0 Å². The van der Waals surface area contributed by atoms with Gasteiger partial charge < -0.3 is 5.32 Å². The second-order valence-corrected chi connectivity index (χ2v) is 6.88. The third-order valence-electron chi connectivity index (χ3n) is 5.01. The molecule has 1 aliphatic carbocycles. The van der Waals surface area contributed by atoms with E-state index in [9.17, 15) is 4.79 Å². The van der Waals surface area contributed by atoms with E-state index in [4.69, 9.17) is 4.98 Å². The number of rotatable bonds is 5. The fourth-order valence-electron chi connectivity index (χ4n) is 3.48. The molecule has 2 fully saturated rings. The molecule has 3 rings (SSSR count). The van der Waals surface area contributed by atoms with Crippen LogP contribution >= 0.6 is 0 Å². The normalized spacial score (nSPS) is 22.5. The number of amides is 1. The van der Waals surface area contributed by atoms with E-state index in [0.29, 0.717) is 18.5 Å². The van der Waals surface area contributed by atoms with Crippen molar-refractivity contribution in [3.63, 3.8) is 0 Å². The summed E-state index contributed by atoms with van der Waals surface area (Å²) in [7, 11) is 2.17. The Morgan fingerprint density at radius 3 is 2.77 bits per heavy atom. The molecule has 1 aromatic rings. The smallest absolute Gasteiger partial charge is 0.220 e. The van der Waals surface area contributed by atoms with Gasteiger partial charge in [0.05, 0.1) is 11.7 Å². The number of nitrogens with zero attached hydrogens (tertiary/aromatic N) is 2. The molecule has 2 heterocycles. The largest absolute Gasteiger partial charge is 0.353 e. The molecule has 1 amide bonds. The van der Waals surface area contributed by atoms with Crippen molar-refractivity contribution in [2.75, 3.05) is 13.6 Å². The maximum absolute atomic E-state index is 12.0. The van der Waals surface area contributed by atoms with Crippen LogP contribution in [0.15, 0.2) is 12.1 Å². The average molecular weight is 301 g/mol. The van der Waals surface area contributed by atoms with Crippen molar-refractivity contribution in [1.29, 1.82) is 0 Å². The monoisotopic (exact) mass is 301 g/mol. The van der Waals surface area contributed by atoms with E-state index in [-0.39, 0.29) is 5.91 Å². The van der Waals surface area contributed by atoms with E-state index >= 15 is 0 Å². The molecule has 4 heteroatoms. The molecule has 0 radical (unpaired) electrons. The summed E-state index contributed by atoms with van der Waals surface area (Å²) >= 11 is 0. The van der Waals surface area contributed by atoms with Crippen LogP contribution in [0.2, 0.25) is 0 Å². The van der Waals surface area contributed by atoms with Crippen molar-refractivity contribution >= 4 is 5.91 Å². The van der Waals surface area contributed by atoms with Crippen LogP contribution in [0.4, 0.5) is 0 Å². The number of aryl methyl sites for hydroxylation is 2. The second kappa shape index (κ2) is 6.78. The molecule has 2 aliphatic rings. The highest BCUT2D eigenvalue weighted by Crippen LogP contribution is 2.29. The predicted molar refractivity (Wildman–Crippen MR) is 87.7 cm³/mol. The Hall–Kier alpha value is -1.42. The second-order valence-electron chi connectivity index (χ2n) is 6.88. The van der Waals surface area contributed by atoms with E-state index in [0.717, 1.165) is 31.5 Å². The maximum Gasteiger partial charge on any atom is 0.220 e. The van der Waals surface area contributed by atoms with Crippen LogP contribution in [0, 0.1) is 6.92 Å². The highest BCUT2D eigenvalue weighted by Gasteiger charge is 2.24. The highest BCUT2D eigenvalue weighted by atomic mass is 16.1. The number of hydrogen-bond acceptors (Lipinski definition) is 3. The molecule has 1 saturated heterocycles. The molecule has 1 saturated carbocycles. The Labute approximate surface area is 133 Å². The van der Waals surface area contributed by atoms with Crippen LogP contribution in [-0.2, 0) is 11.2 Å². The van der Waals surface area contributed by atoms with E-state index in [1.807, 2.05) is 0 Å². The fraction of sp³-hybridized carbons (Fsp3) is 0.667. The molecule has 4 nitrogen and oxygen atoms in total. The number of pyridine rings is 1. The first-order chi connectivity index (χ1) is 10.6. The van der Waals surface area contributed by atoms with E-state index < -0.39 is 0 Å². The summed E-state index contributed by atoms with van der Waals surface area (Å²) in [6.07, 6.45) is 7.39. The Bertz CT molecular complexity index is 539. The van der Waals surface area contributed by atoms with Gasteiger partial charge >= 0.3 is 0 Å². The van der Waals surface area contributed by atoms with Gasteiger partial charge in [0, 0.05) is 18.2 Å². The third-order valence-corrected chi connectivity index (χ3v) is 5.01. The van der Waals surface area contributed by atoms with Crippen LogP contribution < -0.4 is 5.32 Å². The van der Waals surface area contributed by atoms with Crippen molar-refractivity contribution < 1.29 is 4.79 Å². The molecule has 1 atom stereocenters.